The maximum Gasteiger partial charge on any atom is 0.123 e. The van der Waals surface area contributed by atoms with Crippen molar-refractivity contribution >= 4 is 0 Å². The number of aromatic nitrogens is 2. The van der Waals surface area contributed by atoms with Crippen LogP contribution in [0, 0.1) is 0 Å². The molecule has 0 saturated heterocycles. The van der Waals surface area contributed by atoms with Crippen LogP contribution in [0.1, 0.15) is 11.3 Å². The van der Waals surface area contributed by atoms with E-state index < -0.39 is 0 Å². The molecule has 5 nitrogen and oxygen atoms in total. The van der Waals surface area contributed by atoms with Crippen molar-refractivity contribution in [1.29, 1.82) is 0 Å². The van der Waals surface area contributed by atoms with E-state index in [9.17, 15) is 5.11 Å². The standard InChI is InChI=1S/C11H13N3O2/c15-10-2-1-8(11(16)5-10)6-12-7-9-3-4-13-14-9/h1-5,12,15-16H,6-7H2,(H,13,14). The molecule has 0 spiro atoms. The zero-order chi connectivity index (χ0) is 11.4. The molecule has 4 N–H and O–H groups in total. The number of phenolic OH excluding ortho intramolecular Hbond substituents is 2. The first-order valence-electron chi connectivity index (χ1n) is 4.95. The SMILES string of the molecule is Oc1ccc(CNCc2ccn[nH]2)c(O)c1. The molecular weight excluding hydrogens is 206 g/mol. The molecule has 16 heavy (non-hydrogen) atoms. The first kappa shape index (κ1) is 10.5. The zero-order valence-corrected chi connectivity index (χ0v) is 8.64. The highest BCUT2D eigenvalue weighted by atomic mass is 16.3. The number of rotatable bonds is 4. The number of aromatic hydroxyl groups is 2. The molecule has 2 aromatic rings. The molecule has 0 aliphatic heterocycles. The molecule has 0 bridgehead atoms. The maximum absolute atomic E-state index is 9.53. The van der Waals surface area contributed by atoms with E-state index in [1.807, 2.05) is 6.07 Å². The predicted molar refractivity (Wildman–Crippen MR) is 58.9 cm³/mol. The van der Waals surface area contributed by atoms with E-state index in [4.69, 9.17) is 5.11 Å². The van der Waals surface area contributed by atoms with Crippen molar-refractivity contribution in [2.45, 2.75) is 13.1 Å². The average molecular weight is 219 g/mol. The Balaban J connectivity index is 1.90. The molecule has 0 aliphatic carbocycles. The van der Waals surface area contributed by atoms with Gasteiger partial charge in [0.25, 0.3) is 0 Å². The summed E-state index contributed by atoms with van der Waals surface area (Å²) in [5, 5.41) is 28.5. The monoisotopic (exact) mass is 219 g/mol. The first-order valence-corrected chi connectivity index (χ1v) is 4.95. The Morgan fingerprint density at radius 3 is 2.75 bits per heavy atom. The van der Waals surface area contributed by atoms with Crippen molar-refractivity contribution in [1.82, 2.24) is 15.5 Å². The molecule has 84 valence electrons. The van der Waals surface area contributed by atoms with Crippen molar-refractivity contribution in [2.24, 2.45) is 0 Å². The summed E-state index contributed by atoms with van der Waals surface area (Å²) in [7, 11) is 0. The van der Waals surface area contributed by atoms with Crippen molar-refractivity contribution in [3.8, 4) is 11.5 Å². The van der Waals surface area contributed by atoms with Crippen molar-refractivity contribution in [3.63, 3.8) is 0 Å². The van der Waals surface area contributed by atoms with Crippen LogP contribution in [0.3, 0.4) is 0 Å². The van der Waals surface area contributed by atoms with Gasteiger partial charge in [-0.25, -0.2) is 0 Å². The Morgan fingerprint density at radius 2 is 2.06 bits per heavy atom. The van der Waals surface area contributed by atoms with E-state index in [0.29, 0.717) is 13.1 Å². The Morgan fingerprint density at radius 1 is 1.19 bits per heavy atom. The summed E-state index contributed by atoms with van der Waals surface area (Å²) in [6.45, 7) is 1.19. The predicted octanol–water partition coefficient (Wildman–Crippen LogP) is 1.11. The molecule has 0 atom stereocenters. The second-order valence-corrected chi connectivity index (χ2v) is 3.50. The lowest BCUT2D eigenvalue weighted by Crippen LogP contribution is -2.12. The number of nitrogens with one attached hydrogen (secondary N) is 2. The highest BCUT2D eigenvalue weighted by molar-refractivity contribution is 5.38. The minimum Gasteiger partial charge on any atom is -0.508 e. The smallest absolute Gasteiger partial charge is 0.123 e. The molecule has 0 aliphatic rings. The first-order chi connectivity index (χ1) is 7.75. The van der Waals surface area contributed by atoms with Gasteiger partial charge in [0.1, 0.15) is 11.5 Å². The molecule has 1 aromatic carbocycles. The normalized spacial score (nSPS) is 10.5. The Kier molecular flexibility index (Phi) is 3.07. The summed E-state index contributed by atoms with van der Waals surface area (Å²) < 4.78 is 0. The minimum absolute atomic E-state index is 0.0646. The van der Waals surface area contributed by atoms with E-state index in [-0.39, 0.29) is 11.5 Å². The molecule has 0 unspecified atom stereocenters. The van der Waals surface area contributed by atoms with E-state index >= 15 is 0 Å². The summed E-state index contributed by atoms with van der Waals surface area (Å²) in [6.07, 6.45) is 1.69. The van der Waals surface area contributed by atoms with Crippen LogP contribution in [0.4, 0.5) is 0 Å². The number of hydrogen-bond donors (Lipinski definition) is 4. The molecule has 1 aromatic heterocycles. The van der Waals surface area contributed by atoms with E-state index in [1.165, 1.54) is 6.07 Å². The average Bonchev–Trinajstić information content (AvgIpc) is 2.74. The van der Waals surface area contributed by atoms with Crippen LogP contribution in [0.5, 0.6) is 11.5 Å². The molecule has 2 rings (SSSR count). The molecule has 0 amide bonds. The van der Waals surface area contributed by atoms with Gasteiger partial charge in [-0.1, -0.05) is 6.07 Å². The van der Waals surface area contributed by atoms with Crippen LogP contribution >= 0.6 is 0 Å². The third-order valence-corrected chi connectivity index (χ3v) is 2.26. The van der Waals surface area contributed by atoms with E-state index in [1.54, 1.807) is 18.3 Å². The molecule has 1 heterocycles. The fraction of sp³-hybridized carbons (Fsp3) is 0.182. The topological polar surface area (TPSA) is 81.2 Å². The van der Waals surface area contributed by atoms with Crippen LogP contribution in [-0.2, 0) is 13.1 Å². The summed E-state index contributed by atoms with van der Waals surface area (Å²) in [6, 6.07) is 6.44. The van der Waals surface area contributed by atoms with Crippen molar-refractivity contribution in [2.75, 3.05) is 0 Å². The summed E-state index contributed by atoms with van der Waals surface area (Å²) in [5.41, 5.74) is 1.73. The van der Waals surface area contributed by atoms with Crippen LogP contribution in [0.2, 0.25) is 0 Å². The zero-order valence-electron chi connectivity index (χ0n) is 8.64. The summed E-state index contributed by atoms with van der Waals surface area (Å²) >= 11 is 0. The van der Waals surface area contributed by atoms with Crippen molar-refractivity contribution in [3.05, 3.63) is 41.7 Å². The van der Waals surface area contributed by atoms with Crippen LogP contribution in [0.15, 0.2) is 30.5 Å². The lowest BCUT2D eigenvalue weighted by Gasteiger charge is -2.06. The number of H-pyrrole nitrogens is 1. The van der Waals surface area contributed by atoms with E-state index in [0.717, 1.165) is 11.3 Å². The lowest BCUT2D eigenvalue weighted by atomic mass is 10.2. The van der Waals surface area contributed by atoms with Crippen LogP contribution < -0.4 is 5.32 Å². The van der Waals surface area contributed by atoms with Gasteiger partial charge in [0.05, 0.1) is 0 Å². The van der Waals surface area contributed by atoms with Gasteiger partial charge in [0.2, 0.25) is 0 Å². The number of aromatic amines is 1. The number of nitrogens with zero attached hydrogens (tertiary/aromatic N) is 1. The van der Waals surface area contributed by atoms with Gasteiger partial charge in [-0.15, -0.1) is 0 Å². The van der Waals surface area contributed by atoms with Crippen LogP contribution in [-0.4, -0.2) is 20.4 Å². The number of hydrogen-bond acceptors (Lipinski definition) is 4. The van der Waals surface area contributed by atoms with Crippen molar-refractivity contribution < 1.29 is 10.2 Å². The van der Waals surface area contributed by atoms with Gasteiger partial charge in [-0.3, -0.25) is 5.10 Å². The Labute approximate surface area is 92.8 Å². The second-order valence-electron chi connectivity index (χ2n) is 3.50. The molecular formula is C11H13N3O2. The largest absolute Gasteiger partial charge is 0.508 e. The fourth-order valence-electron chi connectivity index (χ4n) is 1.42. The van der Waals surface area contributed by atoms with Gasteiger partial charge < -0.3 is 15.5 Å². The highest BCUT2D eigenvalue weighted by Crippen LogP contribution is 2.22. The third kappa shape index (κ3) is 2.52. The summed E-state index contributed by atoms with van der Waals surface area (Å²) in [4.78, 5) is 0. The quantitative estimate of drug-likeness (QED) is 0.621. The molecule has 0 saturated carbocycles. The van der Waals surface area contributed by atoms with Gasteiger partial charge in [0.15, 0.2) is 0 Å². The molecule has 0 fully saturated rings. The highest BCUT2D eigenvalue weighted by Gasteiger charge is 2.01. The summed E-state index contributed by atoms with van der Waals surface area (Å²) in [5.74, 6) is 0.159. The van der Waals surface area contributed by atoms with Gasteiger partial charge in [-0.2, -0.15) is 5.10 Å². The second kappa shape index (κ2) is 4.67. The Hall–Kier alpha value is -2.01. The minimum atomic E-state index is 0.0646. The lowest BCUT2D eigenvalue weighted by molar-refractivity contribution is 0.443. The fourth-order valence-corrected chi connectivity index (χ4v) is 1.42. The maximum atomic E-state index is 9.53. The van der Waals surface area contributed by atoms with Gasteiger partial charge in [0, 0.05) is 36.6 Å². The van der Waals surface area contributed by atoms with Gasteiger partial charge >= 0.3 is 0 Å². The van der Waals surface area contributed by atoms with E-state index in [2.05, 4.69) is 15.5 Å². The number of benzene rings is 1. The Bertz CT molecular complexity index is 454. The third-order valence-electron chi connectivity index (χ3n) is 2.26. The van der Waals surface area contributed by atoms with Gasteiger partial charge in [-0.05, 0) is 12.1 Å². The molecule has 5 heteroatoms. The number of phenols is 2. The van der Waals surface area contributed by atoms with Crippen LogP contribution in [0.25, 0.3) is 0 Å². The molecule has 0 radical (unpaired) electrons.